The molecule has 0 saturated carbocycles. The highest BCUT2D eigenvalue weighted by molar-refractivity contribution is 6.65. The molecule has 0 aliphatic carbocycles. The third kappa shape index (κ3) is 1.37. The van der Waals surface area contributed by atoms with Gasteiger partial charge in [-0.25, -0.2) is 4.57 Å². The molecule has 1 aromatic rings. The van der Waals surface area contributed by atoms with Crippen molar-refractivity contribution in [2.24, 2.45) is 0 Å². The van der Waals surface area contributed by atoms with Gasteiger partial charge in [0, 0.05) is 11.5 Å². The van der Waals surface area contributed by atoms with Crippen LogP contribution in [0.4, 0.5) is 5.95 Å². The minimum Gasteiger partial charge on any atom is -0.392 e. The maximum absolute atomic E-state index is 4.54. The van der Waals surface area contributed by atoms with E-state index in [9.17, 15) is 0 Å². The third-order valence-electron chi connectivity index (χ3n) is 5.73. The maximum Gasteiger partial charge on any atom is 0.452 e. The first-order chi connectivity index (χ1) is 9.49. The molecule has 0 N–H and O–H groups in total. The highest BCUT2D eigenvalue weighted by Crippen LogP contribution is 2.54. The minimum atomic E-state index is -0.000208. The van der Waals surface area contributed by atoms with Crippen LogP contribution in [0, 0.1) is 0 Å². The molecule has 0 bridgehead atoms. The fraction of sp³-hybridized carbons (Fsp3) is 0.643. The van der Waals surface area contributed by atoms with Crippen molar-refractivity contribution in [3.8, 4) is 0 Å². The molecule has 0 saturated heterocycles. The average molecular weight is 272 g/mol. The number of rotatable bonds is 2. The summed E-state index contributed by atoms with van der Waals surface area (Å²) in [5.41, 5.74) is -0.000208. The van der Waals surface area contributed by atoms with Gasteiger partial charge in [0.25, 0.3) is 0 Å². The Morgan fingerprint density at radius 1 is 1.25 bits per heavy atom. The number of nitrogens with zero attached hydrogens (tertiary/aromatic N) is 5. The lowest BCUT2D eigenvalue weighted by atomic mass is 9.40. The molecular weight excluding hydrogens is 249 g/mol. The first-order valence-corrected chi connectivity index (χ1v) is 7.40. The van der Waals surface area contributed by atoms with Crippen molar-refractivity contribution >= 4 is 12.9 Å². The van der Waals surface area contributed by atoms with Crippen molar-refractivity contribution in [2.75, 3.05) is 11.9 Å². The summed E-state index contributed by atoms with van der Waals surface area (Å²) in [6.45, 7) is 9.59. The van der Waals surface area contributed by atoms with Gasteiger partial charge in [0.05, 0.1) is 11.7 Å². The summed E-state index contributed by atoms with van der Waals surface area (Å²) in [4.78, 5) is 13.4. The molecule has 0 radical (unpaired) electrons. The van der Waals surface area contributed by atoms with E-state index in [-0.39, 0.29) is 10.9 Å². The minimum absolute atomic E-state index is 0.000208. The zero-order valence-electron chi connectivity index (χ0n) is 13.0. The molecule has 106 valence electrons. The molecule has 2 unspecified atom stereocenters. The molecule has 0 fully saturated rings. The lowest BCUT2D eigenvalue weighted by Crippen LogP contribution is -2.74. The van der Waals surface area contributed by atoms with E-state index in [0.717, 1.165) is 18.8 Å². The van der Waals surface area contributed by atoms with E-state index in [4.69, 9.17) is 0 Å². The number of aromatic nitrogens is 3. The Morgan fingerprint density at radius 3 is 2.65 bits per heavy atom. The Bertz CT molecular complexity index is 562. The molecule has 3 rings (SSSR count). The quantitative estimate of drug-likeness (QED) is 0.607. The summed E-state index contributed by atoms with van der Waals surface area (Å²) in [6, 6.07) is 0. The molecule has 3 heterocycles. The Morgan fingerprint density at radius 2 is 2.00 bits per heavy atom. The van der Waals surface area contributed by atoms with Crippen molar-refractivity contribution in [1.82, 2.24) is 14.8 Å². The molecule has 20 heavy (non-hydrogen) atoms. The Labute approximate surface area is 121 Å². The zero-order chi connectivity index (χ0) is 14.5. The van der Waals surface area contributed by atoms with Gasteiger partial charge in [0.2, 0.25) is 6.33 Å². The number of hydrogen-bond donors (Lipinski definition) is 0. The second-order valence-electron chi connectivity index (χ2n) is 6.32. The molecule has 1 aromatic heterocycles. The molecule has 0 spiro atoms. The first-order valence-electron chi connectivity index (χ1n) is 7.40. The van der Waals surface area contributed by atoms with Gasteiger partial charge in [0.15, 0.2) is 6.33 Å². The Balaban J connectivity index is 2.29. The second-order valence-corrected chi connectivity index (χ2v) is 6.32. The van der Waals surface area contributed by atoms with Crippen molar-refractivity contribution in [2.45, 2.75) is 51.4 Å². The van der Waals surface area contributed by atoms with E-state index in [0.29, 0.717) is 6.98 Å². The molecule has 0 amide bonds. The molecule has 6 heteroatoms. The molecule has 2 aliphatic rings. The van der Waals surface area contributed by atoms with Crippen molar-refractivity contribution in [3.63, 3.8) is 0 Å². The van der Waals surface area contributed by atoms with Crippen LogP contribution in [0.25, 0.3) is 0 Å². The highest BCUT2D eigenvalue weighted by atomic mass is 15.4. The summed E-state index contributed by atoms with van der Waals surface area (Å²) in [7, 11) is 2.15. The van der Waals surface area contributed by atoms with Gasteiger partial charge >= 0.3 is 12.9 Å². The van der Waals surface area contributed by atoms with Crippen molar-refractivity contribution in [1.29, 1.82) is 0 Å². The average Bonchev–Trinajstić information content (AvgIpc) is 2.87. The van der Waals surface area contributed by atoms with Crippen LogP contribution in [0.5, 0.6) is 0 Å². The fourth-order valence-corrected chi connectivity index (χ4v) is 3.99. The monoisotopic (exact) mass is 272 g/mol. The highest BCUT2D eigenvalue weighted by Gasteiger charge is 2.65. The van der Waals surface area contributed by atoms with Gasteiger partial charge < -0.3 is 4.81 Å². The van der Waals surface area contributed by atoms with E-state index in [1.54, 1.807) is 6.33 Å². The van der Waals surface area contributed by atoms with Crippen LogP contribution in [-0.2, 0) is 5.54 Å². The van der Waals surface area contributed by atoms with Gasteiger partial charge in [-0.05, 0) is 26.8 Å². The summed E-state index contributed by atoms with van der Waals surface area (Å²) in [6.07, 6.45) is 10.0. The summed E-state index contributed by atoms with van der Waals surface area (Å²) in [5, 5.41) is 0.113. The first kappa shape index (κ1) is 13.4. The van der Waals surface area contributed by atoms with Crippen LogP contribution in [0.15, 0.2) is 25.1 Å². The molecule has 0 aromatic carbocycles. The van der Waals surface area contributed by atoms with E-state index in [1.165, 1.54) is 0 Å². The topological polar surface area (TPSA) is 36.1 Å². The van der Waals surface area contributed by atoms with E-state index in [2.05, 4.69) is 71.3 Å². The van der Waals surface area contributed by atoms with Crippen LogP contribution in [0.1, 0.15) is 40.5 Å². The number of hydrogen-bond acceptors (Lipinski definition) is 4. The van der Waals surface area contributed by atoms with Gasteiger partial charge in [-0.2, -0.15) is 0 Å². The summed E-state index contributed by atoms with van der Waals surface area (Å²) < 4.78 is 2.26. The number of fused-ring (bicyclic) bond motifs is 3. The van der Waals surface area contributed by atoms with E-state index < -0.39 is 0 Å². The largest absolute Gasteiger partial charge is 0.452 e. The standard InChI is InChI=1S/C14H23BN5/c1-6-13(3)14(4,7-2)19-11-16-10-17-12(19)20-9-8-18(5)15(13)20/h8-11H,6-7H2,1-5H3/q+1. The van der Waals surface area contributed by atoms with Crippen LogP contribution in [-0.4, -0.2) is 28.8 Å². The molecule has 2 atom stereocenters. The Kier molecular flexibility index (Phi) is 2.82. The normalized spacial score (nSPS) is 31.6. The van der Waals surface area contributed by atoms with Gasteiger partial charge in [-0.1, -0.05) is 25.8 Å². The van der Waals surface area contributed by atoms with Crippen LogP contribution < -0.4 is 9.38 Å². The molecule has 5 nitrogen and oxygen atoms in total. The lowest BCUT2D eigenvalue weighted by Gasteiger charge is -2.52. The Hall–Kier alpha value is -1.59. The smallest absolute Gasteiger partial charge is 0.392 e. The molecule has 2 aliphatic heterocycles. The lowest BCUT2D eigenvalue weighted by molar-refractivity contribution is -0.763. The predicted molar refractivity (Wildman–Crippen MR) is 80.0 cm³/mol. The predicted octanol–water partition coefficient (Wildman–Crippen LogP) is 1.78. The van der Waals surface area contributed by atoms with E-state index >= 15 is 0 Å². The summed E-state index contributed by atoms with van der Waals surface area (Å²) in [5.74, 6) is 0.987. The van der Waals surface area contributed by atoms with Gasteiger partial charge in [0.1, 0.15) is 0 Å². The van der Waals surface area contributed by atoms with Crippen LogP contribution in [0.3, 0.4) is 0 Å². The van der Waals surface area contributed by atoms with Crippen LogP contribution >= 0.6 is 0 Å². The third-order valence-corrected chi connectivity index (χ3v) is 5.73. The fourth-order valence-electron chi connectivity index (χ4n) is 3.99. The van der Waals surface area contributed by atoms with E-state index in [1.807, 2.05) is 6.33 Å². The zero-order valence-corrected chi connectivity index (χ0v) is 13.0. The van der Waals surface area contributed by atoms with Crippen LogP contribution in [0.2, 0.25) is 5.31 Å². The molecular formula is C14H23BN5+. The SMILES string of the molecule is CCC1(C)B2N(C)C=CN2c2ncnc[n+]2C1(C)CC. The number of anilines is 1. The van der Waals surface area contributed by atoms with Crippen molar-refractivity contribution < 1.29 is 4.57 Å². The van der Waals surface area contributed by atoms with Gasteiger partial charge in [-0.15, -0.1) is 4.98 Å². The van der Waals surface area contributed by atoms with Gasteiger partial charge in [-0.3, -0.25) is 4.81 Å². The second kappa shape index (κ2) is 4.20. The van der Waals surface area contributed by atoms with Crippen molar-refractivity contribution in [3.05, 3.63) is 25.1 Å². The summed E-state index contributed by atoms with van der Waals surface area (Å²) >= 11 is 0. The maximum atomic E-state index is 4.54.